The third-order valence-corrected chi connectivity index (χ3v) is 6.58. The second-order valence-electron chi connectivity index (χ2n) is 9.21. The average Bonchev–Trinajstić information content (AvgIpc) is 3.61. The molecule has 0 aliphatic carbocycles. The Morgan fingerprint density at radius 2 is 1.62 bits per heavy atom. The summed E-state index contributed by atoms with van der Waals surface area (Å²) in [6, 6.07) is 23.1. The summed E-state index contributed by atoms with van der Waals surface area (Å²) in [5.74, 6) is 0.905. The van der Waals surface area contributed by atoms with Crippen LogP contribution in [0, 0.1) is 0 Å². The van der Waals surface area contributed by atoms with E-state index < -0.39 is 5.97 Å². The van der Waals surface area contributed by atoms with Gasteiger partial charge in [0, 0.05) is 12.0 Å². The van der Waals surface area contributed by atoms with E-state index in [1.54, 1.807) is 16.7 Å². The topological polar surface area (TPSA) is 121 Å². The number of rotatable bonds is 10. The SMILES string of the molecule is CCCCc1nn(Cc2ccc(C(=O)OC)cc2)c(=O)n1Cc1ccc(-c2ccccc2-c2nn[nH]n2)cc1. The lowest BCUT2D eigenvalue weighted by atomic mass is 9.98. The Morgan fingerprint density at radius 3 is 2.28 bits per heavy atom. The van der Waals surface area contributed by atoms with Crippen LogP contribution in [0.2, 0.25) is 0 Å². The van der Waals surface area contributed by atoms with Gasteiger partial charge in [-0.1, -0.05) is 74.0 Å². The Labute approximate surface area is 225 Å². The van der Waals surface area contributed by atoms with Gasteiger partial charge >= 0.3 is 11.7 Å². The fourth-order valence-corrected chi connectivity index (χ4v) is 4.48. The molecule has 0 bridgehead atoms. The van der Waals surface area contributed by atoms with Crippen LogP contribution in [0.5, 0.6) is 0 Å². The predicted octanol–water partition coefficient (Wildman–Crippen LogP) is 4.12. The number of aryl methyl sites for hydroxylation is 1. The Kier molecular flexibility index (Phi) is 7.72. The van der Waals surface area contributed by atoms with Crippen LogP contribution in [0.25, 0.3) is 22.5 Å². The monoisotopic (exact) mass is 523 g/mol. The van der Waals surface area contributed by atoms with Gasteiger partial charge in [-0.3, -0.25) is 4.57 Å². The molecular weight excluding hydrogens is 494 g/mol. The molecule has 0 spiro atoms. The van der Waals surface area contributed by atoms with Crippen molar-refractivity contribution in [3.05, 3.63) is 106 Å². The van der Waals surface area contributed by atoms with Gasteiger partial charge in [0.05, 0.1) is 25.8 Å². The molecule has 0 saturated heterocycles. The van der Waals surface area contributed by atoms with Crippen molar-refractivity contribution >= 4 is 5.97 Å². The summed E-state index contributed by atoms with van der Waals surface area (Å²) in [4.78, 5) is 25.1. The van der Waals surface area contributed by atoms with Gasteiger partial charge in [0.2, 0.25) is 5.82 Å². The summed E-state index contributed by atoms with van der Waals surface area (Å²) in [6.07, 6.45) is 2.66. The molecule has 10 nitrogen and oxygen atoms in total. The highest BCUT2D eigenvalue weighted by molar-refractivity contribution is 5.89. The molecule has 0 unspecified atom stereocenters. The van der Waals surface area contributed by atoms with Crippen molar-refractivity contribution in [1.82, 2.24) is 35.0 Å². The third-order valence-electron chi connectivity index (χ3n) is 6.58. The second-order valence-corrected chi connectivity index (χ2v) is 9.21. The summed E-state index contributed by atoms with van der Waals surface area (Å²) in [5, 5.41) is 19.1. The number of methoxy groups -OCH3 is 1. The zero-order chi connectivity index (χ0) is 27.2. The van der Waals surface area contributed by atoms with E-state index in [2.05, 4.69) is 32.6 Å². The zero-order valence-corrected chi connectivity index (χ0v) is 21.9. The quantitative estimate of drug-likeness (QED) is 0.273. The van der Waals surface area contributed by atoms with Crippen molar-refractivity contribution in [2.45, 2.75) is 39.3 Å². The number of tetrazole rings is 1. The van der Waals surface area contributed by atoms with Crippen molar-refractivity contribution in [3.8, 4) is 22.5 Å². The average molecular weight is 524 g/mol. The molecule has 5 rings (SSSR count). The molecule has 0 saturated carbocycles. The highest BCUT2D eigenvalue weighted by atomic mass is 16.5. The van der Waals surface area contributed by atoms with Crippen LogP contribution >= 0.6 is 0 Å². The Balaban J connectivity index is 1.39. The minimum atomic E-state index is -0.394. The molecule has 2 aromatic heterocycles. The van der Waals surface area contributed by atoms with Gasteiger partial charge in [0.15, 0.2) is 0 Å². The standard InChI is InChI=1S/C29H29N7O3/c1-3-4-9-26-32-36(19-21-12-16-23(17-13-21)28(37)39-2)29(38)35(26)18-20-10-14-22(15-11-20)24-7-5-6-8-25(24)27-30-33-34-31-27/h5-8,10-17H,3-4,9,18-19H2,1-2H3,(H,30,31,33,34). The highest BCUT2D eigenvalue weighted by Crippen LogP contribution is 2.29. The second kappa shape index (κ2) is 11.7. The largest absolute Gasteiger partial charge is 0.465 e. The number of carbonyl (C=O) groups excluding carboxylic acids is 1. The molecule has 3 aromatic carbocycles. The molecule has 0 aliphatic rings. The van der Waals surface area contributed by atoms with E-state index in [1.807, 2.05) is 60.7 Å². The van der Waals surface area contributed by atoms with E-state index in [-0.39, 0.29) is 5.69 Å². The van der Waals surface area contributed by atoms with Crippen molar-refractivity contribution in [3.63, 3.8) is 0 Å². The number of esters is 1. The number of hydrogen-bond acceptors (Lipinski definition) is 7. The first-order valence-electron chi connectivity index (χ1n) is 12.8. The number of nitrogens with zero attached hydrogens (tertiary/aromatic N) is 6. The van der Waals surface area contributed by atoms with Gasteiger partial charge in [0.1, 0.15) is 5.82 Å². The van der Waals surface area contributed by atoms with Crippen LogP contribution in [0.1, 0.15) is 47.1 Å². The lowest BCUT2D eigenvalue weighted by Crippen LogP contribution is -2.26. The van der Waals surface area contributed by atoms with Gasteiger partial charge < -0.3 is 4.74 Å². The number of unbranched alkanes of at least 4 members (excludes halogenated alkanes) is 1. The highest BCUT2D eigenvalue weighted by Gasteiger charge is 2.15. The Hall–Kier alpha value is -4.86. The molecule has 2 heterocycles. The van der Waals surface area contributed by atoms with Gasteiger partial charge in [-0.15, -0.1) is 10.2 Å². The Bertz CT molecular complexity index is 1600. The van der Waals surface area contributed by atoms with E-state index in [4.69, 9.17) is 4.74 Å². The fourth-order valence-electron chi connectivity index (χ4n) is 4.48. The number of ether oxygens (including phenoxy) is 1. The maximum absolute atomic E-state index is 13.4. The van der Waals surface area contributed by atoms with Gasteiger partial charge in [0.25, 0.3) is 0 Å². The number of aromatic nitrogens is 7. The van der Waals surface area contributed by atoms with Crippen LogP contribution in [0.3, 0.4) is 0 Å². The molecule has 0 fully saturated rings. The van der Waals surface area contributed by atoms with Gasteiger partial charge in [-0.05, 0) is 46.0 Å². The number of aromatic amines is 1. The van der Waals surface area contributed by atoms with Crippen LogP contribution in [0.4, 0.5) is 0 Å². The first-order valence-corrected chi connectivity index (χ1v) is 12.8. The molecule has 0 aliphatic heterocycles. The first kappa shape index (κ1) is 25.8. The summed E-state index contributed by atoms with van der Waals surface area (Å²) >= 11 is 0. The molecule has 0 atom stereocenters. The van der Waals surface area contributed by atoms with Crippen LogP contribution < -0.4 is 5.69 Å². The van der Waals surface area contributed by atoms with E-state index in [9.17, 15) is 9.59 Å². The summed E-state index contributed by atoms with van der Waals surface area (Å²) in [6.45, 7) is 2.86. The lowest BCUT2D eigenvalue weighted by Gasteiger charge is -2.09. The normalized spacial score (nSPS) is 11.0. The maximum atomic E-state index is 13.4. The first-order chi connectivity index (χ1) is 19.1. The van der Waals surface area contributed by atoms with Gasteiger partial charge in [-0.25, -0.2) is 14.3 Å². The molecule has 0 amide bonds. The zero-order valence-electron chi connectivity index (χ0n) is 21.9. The van der Waals surface area contributed by atoms with Crippen molar-refractivity contribution in [1.29, 1.82) is 0 Å². The van der Waals surface area contributed by atoms with Crippen molar-refractivity contribution < 1.29 is 9.53 Å². The number of H-pyrrole nitrogens is 1. The van der Waals surface area contributed by atoms with Crippen LogP contribution in [-0.2, 0) is 24.2 Å². The van der Waals surface area contributed by atoms with E-state index in [0.29, 0.717) is 24.5 Å². The minimum Gasteiger partial charge on any atom is -0.465 e. The number of carbonyl (C=O) groups is 1. The maximum Gasteiger partial charge on any atom is 0.346 e. The van der Waals surface area contributed by atoms with E-state index in [0.717, 1.165) is 52.9 Å². The summed E-state index contributed by atoms with van der Waals surface area (Å²) in [7, 11) is 1.35. The smallest absolute Gasteiger partial charge is 0.346 e. The number of benzene rings is 3. The minimum absolute atomic E-state index is 0.162. The molecule has 5 aromatic rings. The van der Waals surface area contributed by atoms with Gasteiger partial charge in [-0.2, -0.15) is 10.3 Å². The molecular formula is C29H29N7O3. The molecule has 0 radical (unpaired) electrons. The van der Waals surface area contributed by atoms with Crippen LogP contribution in [0.15, 0.2) is 77.6 Å². The summed E-state index contributed by atoms with van der Waals surface area (Å²) in [5.41, 5.74) is 5.08. The third kappa shape index (κ3) is 5.69. The molecule has 1 N–H and O–H groups in total. The molecule has 39 heavy (non-hydrogen) atoms. The lowest BCUT2D eigenvalue weighted by molar-refractivity contribution is 0.0600. The van der Waals surface area contributed by atoms with Crippen molar-refractivity contribution in [2.75, 3.05) is 7.11 Å². The molecule has 198 valence electrons. The molecule has 10 heteroatoms. The van der Waals surface area contributed by atoms with Crippen LogP contribution in [-0.4, -0.2) is 48.1 Å². The Morgan fingerprint density at radius 1 is 0.923 bits per heavy atom. The predicted molar refractivity (Wildman–Crippen MR) is 146 cm³/mol. The van der Waals surface area contributed by atoms with E-state index >= 15 is 0 Å². The fraction of sp³-hybridized carbons (Fsp3) is 0.241. The number of hydrogen-bond donors (Lipinski definition) is 1. The van der Waals surface area contributed by atoms with Crippen molar-refractivity contribution in [2.24, 2.45) is 0 Å². The van der Waals surface area contributed by atoms with E-state index in [1.165, 1.54) is 11.8 Å². The summed E-state index contributed by atoms with van der Waals surface area (Å²) < 4.78 is 8.01. The number of nitrogens with one attached hydrogen (secondary N) is 1.